The van der Waals surface area contributed by atoms with Gasteiger partial charge in [-0.25, -0.2) is 0 Å². The summed E-state index contributed by atoms with van der Waals surface area (Å²) < 4.78 is 2.09. The maximum Gasteiger partial charge on any atom is 0.303 e. The van der Waals surface area contributed by atoms with Crippen molar-refractivity contribution >= 4 is 5.97 Å². The van der Waals surface area contributed by atoms with Crippen LogP contribution in [0.5, 0.6) is 0 Å². The van der Waals surface area contributed by atoms with Crippen molar-refractivity contribution in [1.29, 1.82) is 0 Å². The van der Waals surface area contributed by atoms with Gasteiger partial charge in [-0.05, 0) is 52.7 Å². The van der Waals surface area contributed by atoms with Gasteiger partial charge in [-0.15, -0.1) is 0 Å². The van der Waals surface area contributed by atoms with Crippen LogP contribution in [0.2, 0.25) is 0 Å². The molecule has 1 aliphatic rings. The van der Waals surface area contributed by atoms with Crippen molar-refractivity contribution in [3.05, 3.63) is 17.5 Å². The minimum absolute atomic E-state index is 0.260. The molecular formula is C18H32N4O2. The van der Waals surface area contributed by atoms with E-state index in [1.165, 1.54) is 11.3 Å². The summed E-state index contributed by atoms with van der Waals surface area (Å²) in [5, 5.41) is 13.5. The van der Waals surface area contributed by atoms with E-state index in [-0.39, 0.29) is 6.42 Å². The highest BCUT2D eigenvalue weighted by Gasteiger charge is 2.31. The van der Waals surface area contributed by atoms with E-state index in [1.807, 2.05) is 6.20 Å². The Hall–Kier alpha value is -1.40. The van der Waals surface area contributed by atoms with Crippen LogP contribution in [0.1, 0.15) is 43.9 Å². The van der Waals surface area contributed by atoms with Crippen molar-refractivity contribution in [2.75, 3.05) is 27.2 Å². The Balaban J connectivity index is 2.00. The summed E-state index contributed by atoms with van der Waals surface area (Å²) in [6, 6.07) is 0.476. The van der Waals surface area contributed by atoms with E-state index in [1.54, 1.807) is 0 Å². The lowest BCUT2D eigenvalue weighted by Crippen LogP contribution is -2.48. The lowest BCUT2D eigenvalue weighted by atomic mass is 9.87. The molecule has 0 bridgehead atoms. The monoisotopic (exact) mass is 336 g/mol. The molecule has 0 aliphatic carbocycles. The molecule has 0 radical (unpaired) electrons. The highest BCUT2D eigenvalue weighted by Crippen LogP contribution is 2.26. The van der Waals surface area contributed by atoms with E-state index in [0.717, 1.165) is 45.4 Å². The van der Waals surface area contributed by atoms with Crippen molar-refractivity contribution in [2.45, 2.75) is 58.7 Å². The molecule has 0 amide bonds. The predicted octanol–water partition coefficient (Wildman–Crippen LogP) is 2.22. The molecule has 136 valence electrons. The van der Waals surface area contributed by atoms with Gasteiger partial charge in [-0.2, -0.15) is 5.10 Å². The van der Waals surface area contributed by atoms with Crippen LogP contribution in [0.15, 0.2) is 6.20 Å². The van der Waals surface area contributed by atoms with Gasteiger partial charge >= 0.3 is 5.97 Å². The van der Waals surface area contributed by atoms with E-state index in [9.17, 15) is 4.79 Å². The molecule has 2 heterocycles. The molecule has 0 saturated carbocycles. The molecule has 1 fully saturated rings. The molecule has 24 heavy (non-hydrogen) atoms. The minimum atomic E-state index is -0.693. The van der Waals surface area contributed by atoms with Gasteiger partial charge in [0.2, 0.25) is 0 Å². The zero-order chi connectivity index (χ0) is 17.7. The van der Waals surface area contributed by atoms with Gasteiger partial charge < -0.3 is 10.0 Å². The number of piperidine rings is 1. The van der Waals surface area contributed by atoms with Gasteiger partial charge in [-0.1, -0.05) is 6.92 Å². The highest BCUT2D eigenvalue weighted by atomic mass is 16.4. The number of rotatable bonds is 8. The zero-order valence-corrected chi connectivity index (χ0v) is 15.5. The maximum absolute atomic E-state index is 11.0. The fourth-order valence-corrected chi connectivity index (χ4v) is 3.83. The molecule has 2 rings (SSSR count). The number of hydrogen-bond acceptors (Lipinski definition) is 4. The third-order valence-corrected chi connectivity index (χ3v) is 5.20. The Morgan fingerprint density at radius 3 is 2.83 bits per heavy atom. The number of nitrogens with zero attached hydrogens (tertiary/aromatic N) is 4. The maximum atomic E-state index is 11.0. The number of hydrogen-bond donors (Lipinski definition) is 1. The first-order valence-electron chi connectivity index (χ1n) is 9.04. The Bertz CT molecular complexity index is 541. The Kier molecular flexibility index (Phi) is 6.80. The van der Waals surface area contributed by atoms with E-state index < -0.39 is 5.97 Å². The molecule has 1 N–H and O–H groups in total. The SMILES string of the molecule is CCCn1ncc(CN2CC[C@H](N(C)C)[C@H](CCC(=O)O)C2)c1C. The molecule has 1 aliphatic heterocycles. The number of aliphatic carboxylic acids is 1. The van der Waals surface area contributed by atoms with Crippen molar-refractivity contribution in [2.24, 2.45) is 5.92 Å². The Morgan fingerprint density at radius 1 is 1.46 bits per heavy atom. The van der Waals surface area contributed by atoms with Gasteiger partial charge in [0, 0.05) is 43.4 Å². The second-order valence-corrected chi connectivity index (χ2v) is 7.23. The normalized spacial score (nSPS) is 22.2. The van der Waals surface area contributed by atoms with Crippen molar-refractivity contribution in [3.8, 4) is 0 Å². The molecule has 0 unspecified atom stereocenters. The number of aryl methyl sites for hydroxylation is 1. The van der Waals surface area contributed by atoms with E-state index in [4.69, 9.17) is 5.11 Å². The molecule has 1 saturated heterocycles. The van der Waals surface area contributed by atoms with Gasteiger partial charge in [-0.3, -0.25) is 14.4 Å². The number of aromatic nitrogens is 2. The molecule has 6 nitrogen and oxygen atoms in total. The number of likely N-dealkylation sites (tertiary alicyclic amines) is 1. The molecule has 1 aromatic rings. The predicted molar refractivity (Wildman–Crippen MR) is 95.0 cm³/mol. The molecule has 0 aromatic carbocycles. The first-order chi connectivity index (χ1) is 11.4. The highest BCUT2D eigenvalue weighted by molar-refractivity contribution is 5.66. The lowest BCUT2D eigenvalue weighted by Gasteiger charge is -2.41. The summed E-state index contributed by atoms with van der Waals surface area (Å²) in [7, 11) is 4.21. The standard InChI is InChI=1S/C18H32N4O2/c1-5-9-22-14(2)16(11-19-22)13-21-10-8-17(20(3)4)15(12-21)6-7-18(23)24/h11,15,17H,5-10,12-13H2,1-4H3,(H,23,24)/t15-,17+/m1/s1. The summed E-state index contributed by atoms with van der Waals surface area (Å²) >= 11 is 0. The molecule has 1 aromatic heterocycles. The summed E-state index contributed by atoms with van der Waals surface area (Å²) in [5.74, 6) is -0.280. The second-order valence-electron chi connectivity index (χ2n) is 7.23. The fraction of sp³-hybridized carbons (Fsp3) is 0.778. The molecular weight excluding hydrogens is 304 g/mol. The number of carbonyl (C=O) groups is 1. The van der Waals surface area contributed by atoms with E-state index in [2.05, 4.69) is 47.5 Å². The van der Waals surface area contributed by atoms with Gasteiger partial charge in [0.1, 0.15) is 0 Å². The van der Waals surface area contributed by atoms with Crippen LogP contribution in [-0.2, 0) is 17.9 Å². The van der Waals surface area contributed by atoms with E-state index >= 15 is 0 Å². The first kappa shape index (κ1) is 18.9. The average molecular weight is 336 g/mol. The quantitative estimate of drug-likeness (QED) is 0.789. The van der Waals surface area contributed by atoms with Crippen LogP contribution >= 0.6 is 0 Å². The van der Waals surface area contributed by atoms with Crippen LogP contribution < -0.4 is 0 Å². The lowest BCUT2D eigenvalue weighted by molar-refractivity contribution is -0.137. The number of carboxylic acids is 1. The molecule has 2 atom stereocenters. The summed E-state index contributed by atoms with van der Waals surface area (Å²) in [6.07, 6.45) is 5.20. The van der Waals surface area contributed by atoms with Crippen LogP contribution in [-0.4, -0.2) is 63.9 Å². The van der Waals surface area contributed by atoms with E-state index in [0.29, 0.717) is 12.0 Å². The van der Waals surface area contributed by atoms with Crippen molar-refractivity contribution in [3.63, 3.8) is 0 Å². The topological polar surface area (TPSA) is 61.6 Å². The van der Waals surface area contributed by atoms with Crippen LogP contribution in [0.25, 0.3) is 0 Å². The van der Waals surface area contributed by atoms with Gasteiger partial charge in [0.15, 0.2) is 0 Å². The Labute approximate surface area is 145 Å². The van der Waals surface area contributed by atoms with Crippen molar-refractivity contribution < 1.29 is 9.90 Å². The smallest absolute Gasteiger partial charge is 0.303 e. The fourth-order valence-electron chi connectivity index (χ4n) is 3.83. The third-order valence-electron chi connectivity index (χ3n) is 5.20. The third kappa shape index (κ3) is 4.80. The van der Waals surface area contributed by atoms with Gasteiger partial charge in [0.25, 0.3) is 0 Å². The first-order valence-corrected chi connectivity index (χ1v) is 9.04. The van der Waals surface area contributed by atoms with Gasteiger partial charge in [0.05, 0.1) is 6.20 Å². The molecule has 6 heteroatoms. The van der Waals surface area contributed by atoms with Crippen molar-refractivity contribution in [1.82, 2.24) is 19.6 Å². The second kappa shape index (κ2) is 8.62. The van der Waals surface area contributed by atoms with Crippen LogP contribution in [0, 0.1) is 12.8 Å². The zero-order valence-electron chi connectivity index (χ0n) is 15.5. The molecule has 0 spiro atoms. The summed E-state index contributed by atoms with van der Waals surface area (Å²) in [6.45, 7) is 8.22. The number of carboxylic acid groups (broad SMARTS) is 1. The van der Waals surface area contributed by atoms with Crippen LogP contribution in [0.4, 0.5) is 0 Å². The minimum Gasteiger partial charge on any atom is -0.481 e. The van der Waals surface area contributed by atoms with Crippen LogP contribution in [0.3, 0.4) is 0 Å². The summed E-state index contributed by atoms with van der Waals surface area (Å²) in [5.41, 5.74) is 2.55. The summed E-state index contributed by atoms with van der Waals surface area (Å²) in [4.78, 5) is 15.7. The average Bonchev–Trinajstić information content (AvgIpc) is 2.86. The largest absolute Gasteiger partial charge is 0.481 e. The Morgan fingerprint density at radius 2 is 2.21 bits per heavy atom.